The van der Waals surface area contributed by atoms with Crippen molar-refractivity contribution in [2.24, 2.45) is 0 Å². The number of hydrogen-bond acceptors (Lipinski definition) is 4. The predicted octanol–water partition coefficient (Wildman–Crippen LogP) is 7.21. The number of benzene rings is 1. The number of phenolic OH excluding ortho intramolecular Hbond substituents is 1. The maximum atomic E-state index is 12.2. The van der Waals surface area contributed by atoms with Crippen LogP contribution in [-0.2, 0) is 0 Å². The first-order valence-electron chi connectivity index (χ1n) is 11.6. The fourth-order valence-corrected chi connectivity index (χ4v) is 4.52. The molecule has 0 aliphatic heterocycles. The zero-order chi connectivity index (χ0) is 20.7. The molecule has 0 unspecified atom stereocenters. The van der Waals surface area contributed by atoms with Crippen molar-refractivity contribution in [3.8, 4) is 5.75 Å². The van der Waals surface area contributed by atoms with E-state index in [2.05, 4.69) is 17.2 Å². The molecule has 2 aromatic rings. The Morgan fingerprint density at radius 1 is 0.897 bits per heavy atom. The lowest BCUT2D eigenvalue weighted by Crippen LogP contribution is -2.24. The summed E-state index contributed by atoms with van der Waals surface area (Å²) in [4.78, 5) is 16.5. The van der Waals surface area contributed by atoms with Crippen LogP contribution in [-0.4, -0.2) is 22.5 Å². The van der Waals surface area contributed by atoms with Crippen LogP contribution in [0.15, 0.2) is 18.2 Å². The van der Waals surface area contributed by atoms with Gasteiger partial charge in [0, 0.05) is 6.54 Å². The Balaban J connectivity index is 1.41. The quantitative estimate of drug-likeness (QED) is 0.283. The van der Waals surface area contributed by atoms with Crippen molar-refractivity contribution in [2.45, 2.75) is 96.8 Å². The minimum atomic E-state index is -0.111. The summed E-state index contributed by atoms with van der Waals surface area (Å²) in [6.45, 7) is 2.98. The van der Waals surface area contributed by atoms with Crippen molar-refractivity contribution >= 4 is 27.5 Å². The number of carbonyl (C=O) groups excluding carboxylic acids is 1. The molecule has 0 spiro atoms. The minimum absolute atomic E-state index is 0.111. The number of hydrogen-bond donors (Lipinski definition) is 2. The van der Waals surface area contributed by atoms with Crippen molar-refractivity contribution in [3.63, 3.8) is 0 Å². The van der Waals surface area contributed by atoms with E-state index in [1.807, 2.05) is 0 Å². The maximum Gasteiger partial charge on any atom is 0.280 e. The highest BCUT2D eigenvalue weighted by molar-refractivity contribution is 7.20. The van der Waals surface area contributed by atoms with E-state index in [1.165, 1.54) is 94.8 Å². The number of nitrogens with one attached hydrogen (secondary N) is 1. The lowest BCUT2D eigenvalue weighted by atomic mass is 10.0. The molecule has 1 amide bonds. The topological polar surface area (TPSA) is 62.2 Å². The lowest BCUT2D eigenvalue weighted by Gasteiger charge is -2.04. The fourth-order valence-electron chi connectivity index (χ4n) is 3.61. The highest BCUT2D eigenvalue weighted by Crippen LogP contribution is 2.25. The van der Waals surface area contributed by atoms with Gasteiger partial charge in [0.2, 0.25) is 0 Å². The van der Waals surface area contributed by atoms with Gasteiger partial charge in [-0.15, -0.1) is 11.3 Å². The predicted molar refractivity (Wildman–Crippen MR) is 124 cm³/mol. The van der Waals surface area contributed by atoms with Gasteiger partial charge in [-0.3, -0.25) is 4.79 Å². The van der Waals surface area contributed by atoms with Gasteiger partial charge >= 0.3 is 0 Å². The van der Waals surface area contributed by atoms with Gasteiger partial charge < -0.3 is 10.4 Å². The summed E-state index contributed by atoms with van der Waals surface area (Å²) in [6.07, 6.45) is 18.7. The van der Waals surface area contributed by atoms with Crippen LogP contribution in [0.5, 0.6) is 5.75 Å². The first-order valence-corrected chi connectivity index (χ1v) is 12.4. The molecule has 0 aliphatic rings. The number of aromatic nitrogens is 1. The number of amides is 1. The molecule has 2 N–H and O–H groups in total. The molecule has 162 valence electrons. The normalized spacial score (nSPS) is 11.2. The maximum absolute atomic E-state index is 12.2. The van der Waals surface area contributed by atoms with E-state index in [4.69, 9.17) is 0 Å². The van der Waals surface area contributed by atoms with E-state index in [9.17, 15) is 9.90 Å². The van der Waals surface area contributed by atoms with Crippen LogP contribution in [0.4, 0.5) is 0 Å². The largest absolute Gasteiger partial charge is 0.508 e. The molecule has 1 heterocycles. The molecular formula is C24H38N2O2S. The Morgan fingerprint density at radius 2 is 1.45 bits per heavy atom. The molecule has 1 aromatic heterocycles. The first-order chi connectivity index (χ1) is 14.2. The highest BCUT2D eigenvalue weighted by atomic mass is 32.1. The zero-order valence-corrected chi connectivity index (χ0v) is 18.9. The van der Waals surface area contributed by atoms with E-state index in [0.717, 1.165) is 16.6 Å². The Bertz CT molecular complexity index is 714. The second-order valence-corrected chi connectivity index (χ2v) is 9.05. The van der Waals surface area contributed by atoms with Gasteiger partial charge in [0.1, 0.15) is 5.75 Å². The summed E-state index contributed by atoms with van der Waals surface area (Å²) in [5.74, 6) is 0.0934. The second kappa shape index (κ2) is 14.4. The summed E-state index contributed by atoms with van der Waals surface area (Å²) in [5, 5.41) is 12.9. The van der Waals surface area contributed by atoms with E-state index < -0.39 is 0 Å². The standard InChI is InChI=1S/C24H38N2O2S/c1-2-3-4-5-6-7-8-9-10-11-12-13-14-15-18-25-23(28)24-26-21-17-16-20(27)19-22(21)29-24/h16-17,19,27H,2-15,18H2,1H3,(H,25,28). The number of phenols is 1. The molecule has 29 heavy (non-hydrogen) atoms. The van der Waals surface area contributed by atoms with Crippen molar-refractivity contribution < 1.29 is 9.90 Å². The third-order valence-electron chi connectivity index (χ3n) is 5.38. The number of fused-ring (bicyclic) bond motifs is 1. The Hall–Kier alpha value is -1.62. The molecule has 5 heteroatoms. The molecule has 0 saturated carbocycles. The van der Waals surface area contributed by atoms with Gasteiger partial charge in [-0.2, -0.15) is 0 Å². The van der Waals surface area contributed by atoms with E-state index in [1.54, 1.807) is 18.2 Å². The van der Waals surface area contributed by atoms with Gasteiger partial charge in [-0.1, -0.05) is 90.4 Å². The first kappa shape index (κ1) is 23.7. The zero-order valence-electron chi connectivity index (χ0n) is 18.0. The van der Waals surface area contributed by atoms with Crippen LogP contribution in [0, 0.1) is 0 Å². The fraction of sp³-hybridized carbons (Fsp3) is 0.667. The van der Waals surface area contributed by atoms with Gasteiger partial charge in [-0.25, -0.2) is 4.98 Å². The van der Waals surface area contributed by atoms with Crippen LogP contribution in [0.3, 0.4) is 0 Å². The lowest BCUT2D eigenvalue weighted by molar-refractivity contribution is 0.0952. The van der Waals surface area contributed by atoms with E-state index in [-0.39, 0.29) is 11.7 Å². The monoisotopic (exact) mass is 418 g/mol. The number of unbranched alkanes of at least 4 members (excludes halogenated alkanes) is 13. The molecule has 1 aromatic carbocycles. The van der Waals surface area contributed by atoms with Crippen LogP contribution in [0.2, 0.25) is 0 Å². The number of thiazole rings is 1. The molecule has 0 saturated heterocycles. The molecule has 0 atom stereocenters. The van der Waals surface area contributed by atoms with Crippen LogP contribution in [0.1, 0.15) is 107 Å². The molecule has 4 nitrogen and oxygen atoms in total. The molecule has 0 radical (unpaired) electrons. The molecule has 0 aliphatic carbocycles. The third-order valence-corrected chi connectivity index (χ3v) is 6.40. The van der Waals surface area contributed by atoms with E-state index >= 15 is 0 Å². The summed E-state index contributed by atoms with van der Waals surface area (Å²) >= 11 is 1.32. The molecule has 2 rings (SSSR count). The van der Waals surface area contributed by atoms with Crippen LogP contribution >= 0.6 is 11.3 Å². The SMILES string of the molecule is CCCCCCCCCCCCCCCCNC(=O)c1nc2ccc(O)cc2s1. The third kappa shape index (κ3) is 9.62. The summed E-state index contributed by atoms with van der Waals surface area (Å²) < 4.78 is 0.839. The van der Waals surface area contributed by atoms with Crippen LogP contribution in [0.25, 0.3) is 10.2 Å². The smallest absolute Gasteiger partial charge is 0.280 e. The molecule has 0 fully saturated rings. The van der Waals surface area contributed by atoms with Crippen LogP contribution < -0.4 is 5.32 Å². The second-order valence-electron chi connectivity index (χ2n) is 8.02. The number of aromatic hydroxyl groups is 1. The minimum Gasteiger partial charge on any atom is -0.508 e. The van der Waals surface area contributed by atoms with Gasteiger partial charge in [0.15, 0.2) is 5.01 Å². The van der Waals surface area contributed by atoms with Gasteiger partial charge in [0.05, 0.1) is 10.2 Å². The van der Waals surface area contributed by atoms with Crippen molar-refractivity contribution in [3.05, 3.63) is 23.2 Å². The average Bonchev–Trinajstić information content (AvgIpc) is 3.14. The average molecular weight is 419 g/mol. The highest BCUT2D eigenvalue weighted by Gasteiger charge is 2.11. The van der Waals surface area contributed by atoms with E-state index in [0.29, 0.717) is 11.6 Å². The van der Waals surface area contributed by atoms with Crippen molar-refractivity contribution in [1.29, 1.82) is 0 Å². The number of rotatable bonds is 16. The van der Waals surface area contributed by atoms with Crippen molar-refractivity contribution in [2.75, 3.05) is 6.54 Å². The Morgan fingerprint density at radius 3 is 2.03 bits per heavy atom. The Kier molecular flexibility index (Phi) is 11.7. The van der Waals surface area contributed by atoms with Gasteiger partial charge in [-0.05, 0) is 24.6 Å². The number of carbonyl (C=O) groups is 1. The molecular weight excluding hydrogens is 380 g/mol. The summed E-state index contributed by atoms with van der Waals surface area (Å²) in [5.41, 5.74) is 0.759. The van der Waals surface area contributed by atoms with Gasteiger partial charge in [0.25, 0.3) is 5.91 Å². The van der Waals surface area contributed by atoms with Crippen molar-refractivity contribution in [1.82, 2.24) is 10.3 Å². The molecule has 0 bridgehead atoms. The number of nitrogens with zero attached hydrogens (tertiary/aromatic N) is 1. The summed E-state index contributed by atoms with van der Waals surface area (Å²) in [7, 11) is 0. The Labute approximate surface area is 180 Å². The summed E-state index contributed by atoms with van der Waals surface area (Å²) in [6, 6.07) is 4.99.